The van der Waals surface area contributed by atoms with Gasteiger partial charge in [-0.05, 0) is 35.2 Å². The molecule has 2 atom stereocenters. The molecule has 0 spiro atoms. The monoisotopic (exact) mass is 363 g/mol. The maximum absolute atomic E-state index is 13.0. The van der Waals surface area contributed by atoms with Crippen LogP contribution in [0, 0.1) is 11.8 Å². The van der Waals surface area contributed by atoms with Crippen LogP contribution in [0.15, 0.2) is 47.4 Å². The quantitative estimate of drug-likeness (QED) is 0.835. The molecule has 2 aromatic carbocycles. The first-order valence-corrected chi connectivity index (χ1v) is 9.57. The average Bonchev–Trinajstić information content (AvgIpc) is 2.66. The van der Waals surface area contributed by atoms with Crippen LogP contribution in [-0.2, 0) is 19.6 Å². The molecule has 7 heteroatoms. The average molecular weight is 363 g/mol. The van der Waals surface area contributed by atoms with Crippen LogP contribution in [0.25, 0.3) is 10.8 Å². The highest BCUT2D eigenvalue weighted by molar-refractivity contribution is 7.89. The summed E-state index contributed by atoms with van der Waals surface area (Å²) >= 11 is 0. The van der Waals surface area contributed by atoms with Gasteiger partial charge in [-0.2, -0.15) is 4.31 Å². The van der Waals surface area contributed by atoms with Crippen molar-refractivity contribution in [3.63, 3.8) is 0 Å². The van der Waals surface area contributed by atoms with Gasteiger partial charge in [0.15, 0.2) is 0 Å². The van der Waals surface area contributed by atoms with Crippen molar-refractivity contribution in [3.8, 4) is 0 Å². The minimum Gasteiger partial charge on any atom is -0.469 e. The standard InChI is InChI=1S/C18H21NO5S/c1-24-18(21)16-8-13(12-20)10-19(11-16)25(22,23)17-7-6-14-4-2-3-5-15(14)9-17/h2-7,9,13,16,20H,8,10-12H2,1H3. The van der Waals surface area contributed by atoms with Gasteiger partial charge in [-0.25, -0.2) is 8.42 Å². The Balaban J connectivity index is 1.94. The summed E-state index contributed by atoms with van der Waals surface area (Å²) < 4.78 is 32.1. The van der Waals surface area contributed by atoms with E-state index >= 15 is 0 Å². The van der Waals surface area contributed by atoms with Gasteiger partial charge in [-0.3, -0.25) is 4.79 Å². The number of aliphatic hydroxyl groups excluding tert-OH is 1. The minimum absolute atomic E-state index is 0.0678. The summed E-state index contributed by atoms with van der Waals surface area (Å²) in [5.41, 5.74) is 0. The molecule has 1 aliphatic heterocycles. The molecule has 0 saturated carbocycles. The lowest BCUT2D eigenvalue weighted by molar-refractivity contribution is -0.147. The molecule has 0 aliphatic carbocycles. The largest absolute Gasteiger partial charge is 0.469 e. The third-order valence-electron chi connectivity index (χ3n) is 4.66. The van der Waals surface area contributed by atoms with E-state index in [1.807, 2.05) is 24.3 Å². The Morgan fingerprint density at radius 2 is 1.92 bits per heavy atom. The number of nitrogens with zero attached hydrogens (tertiary/aromatic N) is 1. The van der Waals surface area contributed by atoms with E-state index < -0.39 is 21.9 Å². The van der Waals surface area contributed by atoms with E-state index in [1.165, 1.54) is 11.4 Å². The predicted octanol–water partition coefficient (Wildman–Crippen LogP) is 1.63. The Kier molecular flexibility index (Phi) is 5.08. The number of carbonyl (C=O) groups is 1. The lowest BCUT2D eigenvalue weighted by Gasteiger charge is -2.35. The first-order valence-electron chi connectivity index (χ1n) is 8.13. The van der Waals surface area contributed by atoms with E-state index in [0.717, 1.165) is 10.8 Å². The lowest BCUT2D eigenvalue weighted by Crippen LogP contribution is -2.47. The molecule has 1 heterocycles. The van der Waals surface area contributed by atoms with Crippen molar-refractivity contribution in [2.24, 2.45) is 11.8 Å². The highest BCUT2D eigenvalue weighted by Crippen LogP contribution is 2.29. The van der Waals surface area contributed by atoms with Crippen LogP contribution in [0.1, 0.15) is 6.42 Å². The molecule has 25 heavy (non-hydrogen) atoms. The van der Waals surface area contributed by atoms with Crippen LogP contribution in [0.5, 0.6) is 0 Å². The van der Waals surface area contributed by atoms with Gasteiger partial charge < -0.3 is 9.84 Å². The normalized spacial score (nSPS) is 22.0. The highest BCUT2D eigenvalue weighted by Gasteiger charge is 2.38. The van der Waals surface area contributed by atoms with E-state index in [1.54, 1.807) is 18.2 Å². The Morgan fingerprint density at radius 1 is 1.20 bits per heavy atom. The molecule has 0 bridgehead atoms. The van der Waals surface area contributed by atoms with Gasteiger partial charge in [0.2, 0.25) is 10.0 Å². The van der Waals surface area contributed by atoms with Gasteiger partial charge in [0.25, 0.3) is 0 Å². The number of piperidine rings is 1. The molecule has 1 aliphatic rings. The number of sulfonamides is 1. The Labute approximate surface area is 147 Å². The number of carbonyl (C=O) groups excluding carboxylic acids is 1. The van der Waals surface area contributed by atoms with Crippen LogP contribution in [0.3, 0.4) is 0 Å². The lowest BCUT2D eigenvalue weighted by atomic mass is 9.91. The number of hydrogen-bond acceptors (Lipinski definition) is 5. The molecule has 0 aromatic heterocycles. The van der Waals surface area contributed by atoms with Crippen molar-refractivity contribution >= 4 is 26.8 Å². The molecule has 2 unspecified atom stereocenters. The third kappa shape index (κ3) is 3.53. The first-order chi connectivity index (χ1) is 12.0. The molecular weight excluding hydrogens is 342 g/mol. The van der Waals surface area contributed by atoms with Crippen molar-refractivity contribution in [3.05, 3.63) is 42.5 Å². The van der Waals surface area contributed by atoms with Gasteiger partial charge in [0.1, 0.15) is 0 Å². The smallest absolute Gasteiger partial charge is 0.310 e. The summed E-state index contributed by atoms with van der Waals surface area (Å²) in [7, 11) is -2.47. The number of rotatable bonds is 4. The van der Waals surface area contributed by atoms with Crippen molar-refractivity contribution in [1.82, 2.24) is 4.31 Å². The van der Waals surface area contributed by atoms with Crippen molar-refractivity contribution in [1.29, 1.82) is 0 Å². The van der Waals surface area contributed by atoms with E-state index in [2.05, 4.69) is 0 Å². The number of aliphatic hydroxyl groups is 1. The molecule has 1 fully saturated rings. The van der Waals surface area contributed by atoms with E-state index in [4.69, 9.17) is 4.74 Å². The molecule has 1 saturated heterocycles. The fourth-order valence-electron chi connectivity index (χ4n) is 3.30. The van der Waals surface area contributed by atoms with Crippen LogP contribution in [0.4, 0.5) is 0 Å². The topological polar surface area (TPSA) is 83.9 Å². The Morgan fingerprint density at radius 3 is 2.60 bits per heavy atom. The van der Waals surface area contributed by atoms with Crippen LogP contribution in [-0.4, -0.2) is 50.6 Å². The number of benzene rings is 2. The van der Waals surface area contributed by atoms with E-state index in [9.17, 15) is 18.3 Å². The molecular formula is C18H21NO5S. The van der Waals surface area contributed by atoms with Crippen LogP contribution >= 0.6 is 0 Å². The predicted molar refractivity (Wildman–Crippen MR) is 93.4 cm³/mol. The maximum atomic E-state index is 13.0. The molecule has 3 rings (SSSR count). The Hall–Kier alpha value is -1.96. The third-order valence-corrected chi connectivity index (χ3v) is 6.48. The summed E-state index contributed by atoms with van der Waals surface area (Å²) in [6.07, 6.45) is 0.424. The molecule has 6 nitrogen and oxygen atoms in total. The van der Waals surface area contributed by atoms with Crippen LogP contribution < -0.4 is 0 Å². The molecule has 2 aromatic rings. The van der Waals surface area contributed by atoms with E-state index in [0.29, 0.717) is 6.42 Å². The van der Waals surface area contributed by atoms with Crippen molar-refractivity contribution in [2.45, 2.75) is 11.3 Å². The SMILES string of the molecule is COC(=O)C1CC(CO)CN(S(=O)(=O)c2ccc3ccccc3c2)C1. The van der Waals surface area contributed by atoms with E-state index in [-0.39, 0.29) is 30.5 Å². The maximum Gasteiger partial charge on any atom is 0.310 e. The van der Waals surface area contributed by atoms with Gasteiger partial charge in [-0.1, -0.05) is 30.3 Å². The second-order valence-electron chi connectivity index (χ2n) is 6.34. The summed E-state index contributed by atoms with van der Waals surface area (Å²) in [6, 6.07) is 12.5. The Bertz CT molecular complexity index is 880. The summed E-state index contributed by atoms with van der Waals surface area (Å²) in [6.45, 7) is 0.0920. The van der Waals surface area contributed by atoms with Crippen molar-refractivity contribution in [2.75, 3.05) is 26.8 Å². The number of fused-ring (bicyclic) bond motifs is 1. The summed E-state index contributed by atoms with van der Waals surface area (Å²) in [4.78, 5) is 12.1. The molecule has 0 amide bonds. The number of esters is 1. The second kappa shape index (κ2) is 7.11. The second-order valence-corrected chi connectivity index (χ2v) is 8.27. The zero-order valence-electron chi connectivity index (χ0n) is 14.0. The molecule has 134 valence electrons. The van der Waals surface area contributed by atoms with Gasteiger partial charge in [-0.15, -0.1) is 0 Å². The van der Waals surface area contributed by atoms with Crippen molar-refractivity contribution < 1.29 is 23.1 Å². The van der Waals surface area contributed by atoms with Gasteiger partial charge in [0.05, 0.1) is 17.9 Å². The zero-order valence-corrected chi connectivity index (χ0v) is 14.8. The minimum atomic E-state index is -3.76. The van der Waals surface area contributed by atoms with Crippen LogP contribution in [0.2, 0.25) is 0 Å². The zero-order chi connectivity index (χ0) is 18.0. The number of methoxy groups -OCH3 is 1. The highest BCUT2D eigenvalue weighted by atomic mass is 32.2. The summed E-state index contributed by atoms with van der Waals surface area (Å²) in [5, 5.41) is 11.3. The molecule has 1 N–H and O–H groups in total. The first kappa shape index (κ1) is 17.8. The summed E-state index contributed by atoms with van der Waals surface area (Å²) in [5.74, 6) is -1.30. The van der Waals surface area contributed by atoms with Gasteiger partial charge >= 0.3 is 5.97 Å². The number of ether oxygens (including phenoxy) is 1. The fraction of sp³-hybridized carbons (Fsp3) is 0.389. The molecule has 0 radical (unpaired) electrons. The van der Waals surface area contributed by atoms with Gasteiger partial charge in [0, 0.05) is 19.7 Å². The fourth-order valence-corrected chi connectivity index (χ4v) is 4.90. The number of hydrogen-bond donors (Lipinski definition) is 1.